The summed E-state index contributed by atoms with van der Waals surface area (Å²) in [5.74, 6) is 2.41. The van der Waals surface area contributed by atoms with Crippen molar-refractivity contribution in [1.82, 2.24) is 15.1 Å². The number of nitrogens with one attached hydrogen (secondary N) is 1. The predicted molar refractivity (Wildman–Crippen MR) is 106 cm³/mol. The molecule has 0 amide bonds. The van der Waals surface area contributed by atoms with Gasteiger partial charge in [0, 0.05) is 24.0 Å². The van der Waals surface area contributed by atoms with Gasteiger partial charge in [0.2, 0.25) is 0 Å². The fraction of sp³-hybridized carbons (Fsp3) is 0.227. The maximum absolute atomic E-state index is 6.07. The van der Waals surface area contributed by atoms with E-state index in [4.69, 9.17) is 13.9 Å². The molecule has 0 saturated carbocycles. The summed E-state index contributed by atoms with van der Waals surface area (Å²) in [7, 11) is 2.07. The van der Waals surface area contributed by atoms with Crippen molar-refractivity contribution >= 4 is 11.0 Å². The van der Waals surface area contributed by atoms with Crippen LogP contribution in [0.15, 0.2) is 65.2 Å². The Labute approximate surface area is 162 Å². The molecule has 3 heterocycles. The van der Waals surface area contributed by atoms with Crippen molar-refractivity contribution in [3.05, 3.63) is 66.4 Å². The van der Waals surface area contributed by atoms with Crippen LogP contribution in [-0.2, 0) is 6.54 Å². The molecule has 2 aromatic heterocycles. The summed E-state index contributed by atoms with van der Waals surface area (Å²) in [6.07, 6.45) is 1.84. The number of aromatic nitrogens is 2. The van der Waals surface area contributed by atoms with Gasteiger partial charge in [-0.3, -0.25) is 10.00 Å². The molecule has 1 atom stereocenters. The van der Waals surface area contributed by atoms with Crippen LogP contribution in [0.5, 0.6) is 11.5 Å². The highest BCUT2D eigenvalue weighted by atomic mass is 16.6. The van der Waals surface area contributed by atoms with E-state index in [-0.39, 0.29) is 6.10 Å². The smallest absolute Gasteiger partial charge is 0.161 e. The third-order valence-electron chi connectivity index (χ3n) is 4.91. The number of rotatable bonds is 5. The molecule has 0 unspecified atom stereocenters. The molecule has 1 N–H and O–H groups in total. The standard InChI is InChI=1S/C22H21N3O3/c1-25(13-17-14-26-19-8-4-5-9-20(19)27-17)12-16-11-23-24-22(16)21-10-15-6-2-3-7-18(15)28-21/h2-11,17H,12-14H2,1H3,(H,23,24)/t17-/m1/s1. The highest BCUT2D eigenvalue weighted by Crippen LogP contribution is 2.32. The number of fused-ring (bicyclic) bond motifs is 2. The summed E-state index contributed by atoms with van der Waals surface area (Å²) in [5, 5.41) is 8.39. The number of likely N-dealkylation sites (N-methyl/N-ethyl adjacent to an activating group) is 1. The van der Waals surface area contributed by atoms with E-state index in [1.165, 1.54) is 0 Å². The van der Waals surface area contributed by atoms with Crippen LogP contribution in [0.2, 0.25) is 0 Å². The number of nitrogens with zero attached hydrogens (tertiary/aromatic N) is 2. The van der Waals surface area contributed by atoms with E-state index in [9.17, 15) is 0 Å². The van der Waals surface area contributed by atoms with Gasteiger partial charge in [-0.2, -0.15) is 5.10 Å². The molecule has 0 fully saturated rings. The average molecular weight is 375 g/mol. The van der Waals surface area contributed by atoms with E-state index in [1.807, 2.05) is 60.8 Å². The van der Waals surface area contributed by atoms with E-state index in [1.54, 1.807) is 0 Å². The van der Waals surface area contributed by atoms with Crippen LogP contribution < -0.4 is 9.47 Å². The Balaban J connectivity index is 1.29. The lowest BCUT2D eigenvalue weighted by molar-refractivity contribution is 0.0638. The number of H-pyrrole nitrogens is 1. The van der Waals surface area contributed by atoms with Gasteiger partial charge in [0.25, 0.3) is 0 Å². The summed E-state index contributed by atoms with van der Waals surface area (Å²) < 4.78 is 17.9. The summed E-state index contributed by atoms with van der Waals surface area (Å²) in [4.78, 5) is 2.21. The fourth-order valence-electron chi connectivity index (χ4n) is 3.61. The first-order chi connectivity index (χ1) is 13.8. The van der Waals surface area contributed by atoms with Gasteiger partial charge in [-0.1, -0.05) is 30.3 Å². The van der Waals surface area contributed by atoms with Crippen LogP contribution in [-0.4, -0.2) is 41.4 Å². The van der Waals surface area contributed by atoms with E-state index in [2.05, 4.69) is 22.1 Å². The monoisotopic (exact) mass is 375 g/mol. The Bertz CT molecular complexity index is 1070. The van der Waals surface area contributed by atoms with E-state index >= 15 is 0 Å². The second-order valence-electron chi connectivity index (χ2n) is 7.11. The Morgan fingerprint density at radius 3 is 2.82 bits per heavy atom. The van der Waals surface area contributed by atoms with Gasteiger partial charge in [-0.15, -0.1) is 0 Å². The maximum atomic E-state index is 6.07. The van der Waals surface area contributed by atoms with Crippen molar-refractivity contribution in [2.24, 2.45) is 0 Å². The molecule has 0 saturated heterocycles. The molecule has 6 heteroatoms. The molecule has 0 bridgehead atoms. The third-order valence-corrected chi connectivity index (χ3v) is 4.91. The first-order valence-electron chi connectivity index (χ1n) is 9.34. The van der Waals surface area contributed by atoms with Crippen molar-refractivity contribution in [3.63, 3.8) is 0 Å². The van der Waals surface area contributed by atoms with Crippen molar-refractivity contribution in [3.8, 4) is 23.0 Å². The maximum Gasteiger partial charge on any atom is 0.161 e. The number of benzene rings is 2. The van der Waals surface area contributed by atoms with Crippen molar-refractivity contribution in [2.75, 3.05) is 20.2 Å². The van der Waals surface area contributed by atoms with Crippen LogP contribution in [0, 0.1) is 0 Å². The lowest BCUT2D eigenvalue weighted by atomic mass is 10.1. The minimum absolute atomic E-state index is 0.0125. The van der Waals surface area contributed by atoms with Crippen molar-refractivity contribution in [1.29, 1.82) is 0 Å². The second kappa shape index (κ2) is 7.05. The highest BCUT2D eigenvalue weighted by Gasteiger charge is 2.23. The quantitative estimate of drug-likeness (QED) is 0.569. The number of furan rings is 1. The van der Waals surface area contributed by atoms with Crippen LogP contribution in [0.1, 0.15) is 5.56 Å². The summed E-state index contributed by atoms with van der Waals surface area (Å²) in [6.45, 7) is 2.02. The lowest BCUT2D eigenvalue weighted by Crippen LogP contribution is -2.39. The predicted octanol–water partition coefficient (Wildman–Crippen LogP) is 4.09. The summed E-state index contributed by atoms with van der Waals surface area (Å²) in [5.41, 5.74) is 2.87. The van der Waals surface area contributed by atoms with Gasteiger partial charge in [0.1, 0.15) is 24.0 Å². The highest BCUT2D eigenvalue weighted by molar-refractivity contribution is 5.82. The number of hydrogen-bond donors (Lipinski definition) is 1. The molecular weight excluding hydrogens is 354 g/mol. The number of ether oxygens (including phenoxy) is 2. The van der Waals surface area contributed by atoms with E-state index in [0.29, 0.717) is 6.61 Å². The van der Waals surface area contributed by atoms with Crippen LogP contribution in [0.3, 0.4) is 0 Å². The molecular formula is C22H21N3O3. The summed E-state index contributed by atoms with van der Waals surface area (Å²) in [6, 6.07) is 17.8. The zero-order chi connectivity index (χ0) is 18.9. The largest absolute Gasteiger partial charge is 0.486 e. The summed E-state index contributed by atoms with van der Waals surface area (Å²) >= 11 is 0. The van der Waals surface area contributed by atoms with Crippen LogP contribution in [0.4, 0.5) is 0 Å². The zero-order valence-corrected chi connectivity index (χ0v) is 15.6. The average Bonchev–Trinajstić information content (AvgIpc) is 3.34. The van der Waals surface area contributed by atoms with Gasteiger partial charge in [-0.05, 0) is 31.3 Å². The third kappa shape index (κ3) is 3.23. The topological polar surface area (TPSA) is 63.5 Å². The minimum atomic E-state index is -0.0125. The van der Waals surface area contributed by atoms with Crippen LogP contribution >= 0.6 is 0 Å². The number of hydrogen-bond acceptors (Lipinski definition) is 5. The molecule has 2 aromatic carbocycles. The molecule has 1 aliphatic rings. The molecule has 0 radical (unpaired) electrons. The molecule has 4 aromatic rings. The van der Waals surface area contributed by atoms with E-state index in [0.717, 1.165) is 52.6 Å². The molecule has 1 aliphatic heterocycles. The molecule has 6 nitrogen and oxygen atoms in total. The molecule has 0 spiro atoms. The lowest BCUT2D eigenvalue weighted by Gasteiger charge is -2.29. The molecule has 5 rings (SSSR count). The van der Waals surface area contributed by atoms with Gasteiger partial charge in [0.05, 0.1) is 6.20 Å². The molecule has 0 aliphatic carbocycles. The Hall–Kier alpha value is -3.25. The Morgan fingerprint density at radius 1 is 1.11 bits per heavy atom. The first-order valence-corrected chi connectivity index (χ1v) is 9.34. The normalized spacial score (nSPS) is 16.0. The first kappa shape index (κ1) is 16.9. The Kier molecular flexibility index (Phi) is 4.25. The minimum Gasteiger partial charge on any atom is -0.486 e. The number of aromatic amines is 1. The van der Waals surface area contributed by atoms with Crippen molar-refractivity contribution in [2.45, 2.75) is 12.6 Å². The van der Waals surface area contributed by atoms with Crippen LogP contribution in [0.25, 0.3) is 22.4 Å². The number of para-hydroxylation sites is 3. The molecule has 28 heavy (non-hydrogen) atoms. The van der Waals surface area contributed by atoms with Crippen molar-refractivity contribution < 1.29 is 13.9 Å². The fourth-order valence-corrected chi connectivity index (χ4v) is 3.61. The van der Waals surface area contributed by atoms with Gasteiger partial charge >= 0.3 is 0 Å². The van der Waals surface area contributed by atoms with Gasteiger partial charge < -0.3 is 13.9 Å². The SMILES string of the molecule is CN(Cc1cn[nH]c1-c1cc2ccccc2o1)C[C@@H]1COc2ccccc2O1. The van der Waals surface area contributed by atoms with Gasteiger partial charge in [0.15, 0.2) is 17.3 Å². The zero-order valence-electron chi connectivity index (χ0n) is 15.6. The van der Waals surface area contributed by atoms with Gasteiger partial charge in [-0.25, -0.2) is 0 Å². The van der Waals surface area contributed by atoms with E-state index < -0.39 is 0 Å². The molecule has 142 valence electrons. The second-order valence-corrected chi connectivity index (χ2v) is 7.11. The Morgan fingerprint density at radius 2 is 1.93 bits per heavy atom.